The van der Waals surface area contributed by atoms with Gasteiger partial charge in [-0.25, -0.2) is 0 Å². The van der Waals surface area contributed by atoms with Gasteiger partial charge in [-0.05, 0) is 38.1 Å². The molecule has 2 N–H and O–H groups in total. The molecule has 1 aromatic carbocycles. The number of ether oxygens (including phenoxy) is 1. The van der Waals surface area contributed by atoms with Crippen molar-refractivity contribution in [2.75, 3.05) is 18.5 Å². The first-order valence-corrected chi connectivity index (χ1v) is 7.36. The number of nitrogens with one attached hydrogen (secondary N) is 2. The zero-order chi connectivity index (χ0) is 15.0. The van der Waals surface area contributed by atoms with Crippen LogP contribution in [0.4, 0.5) is 5.69 Å². The first-order chi connectivity index (χ1) is 9.52. The Morgan fingerprint density at radius 2 is 2.15 bits per heavy atom. The summed E-state index contributed by atoms with van der Waals surface area (Å²) in [6.07, 6.45) is 1.27. The number of anilines is 1. The maximum atomic E-state index is 11.9. The van der Waals surface area contributed by atoms with E-state index in [9.17, 15) is 4.79 Å². The normalized spacial score (nSPS) is 10.7. The number of halogens is 1. The van der Waals surface area contributed by atoms with E-state index in [2.05, 4.69) is 24.5 Å². The van der Waals surface area contributed by atoms with E-state index in [0.29, 0.717) is 35.5 Å². The molecule has 1 amide bonds. The third kappa shape index (κ3) is 6.26. The Labute approximate surface area is 125 Å². The predicted molar refractivity (Wildman–Crippen MR) is 83.6 cm³/mol. The largest absolute Gasteiger partial charge is 0.492 e. The standard InChI is InChI=1S/C15H23ClN2O2/c1-4-20-14-8-7-12(16)10-13(14)18-15(19)6-5-9-17-11(2)3/h7-8,10-11,17H,4-6,9H2,1-3H3,(H,18,19). The lowest BCUT2D eigenvalue weighted by atomic mass is 10.2. The second-order valence-corrected chi connectivity index (χ2v) is 5.27. The van der Waals surface area contributed by atoms with Gasteiger partial charge in [0, 0.05) is 17.5 Å². The molecule has 0 saturated heterocycles. The van der Waals surface area contributed by atoms with Crippen molar-refractivity contribution < 1.29 is 9.53 Å². The Morgan fingerprint density at radius 3 is 2.80 bits per heavy atom. The molecule has 0 atom stereocenters. The van der Waals surface area contributed by atoms with Gasteiger partial charge in [-0.15, -0.1) is 0 Å². The van der Waals surface area contributed by atoms with Gasteiger partial charge in [0.15, 0.2) is 0 Å². The molecular weight excluding hydrogens is 276 g/mol. The molecule has 0 spiro atoms. The topological polar surface area (TPSA) is 50.4 Å². The van der Waals surface area contributed by atoms with Gasteiger partial charge >= 0.3 is 0 Å². The van der Waals surface area contributed by atoms with Crippen LogP contribution >= 0.6 is 11.6 Å². The molecule has 0 unspecified atom stereocenters. The minimum Gasteiger partial charge on any atom is -0.492 e. The second-order valence-electron chi connectivity index (χ2n) is 4.83. The molecule has 1 aromatic rings. The van der Waals surface area contributed by atoms with Crippen LogP contribution < -0.4 is 15.4 Å². The monoisotopic (exact) mass is 298 g/mol. The van der Waals surface area contributed by atoms with Crippen molar-refractivity contribution in [3.63, 3.8) is 0 Å². The van der Waals surface area contributed by atoms with Crippen LogP contribution in [0.5, 0.6) is 5.75 Å². The highest BCUT2D eigenvalue weighted by Crippen LogP contribution is 2.28. The Kier molecular flexibility index (Phi) is 7.41. The Morgan fingerprint density at radius 1 is 1.40 bits per heavy atom. The van der Waals surface area contributed by atoms with Gasteiger partial charge in [-0.3, -0.25) is 4.79 Å². The molecule has 0 aliphatic carbocycles. The smallest absolute Gasteiger partial charge is 0.224 e. The molecule has 1 rings (SSSR count). The second kappa shape index (κ2) is 8.82. The van der Waals surface area contributed by atoms with Crippen molar-refractivity contribution in [2.45, 2.75) is 39.7 Å². The van der Waals surface area contributed by atoms with Crippen LogP contribution in [0.1, 0.15) is 33.6 Å². The van der Waals surface area contributed by atoms with E-state index in [1.165, 1.54) is 0 Å². The molecule has 112 valence electrons. The van der Waals surface area contributed by atoms with Crippen LogP contribution in [0.15, 0.2) is 18.2 Å². The van der Waals surface area contributed by atoms with E-state index in [-0.39, 0.29) is 5.91 Å². The molecule has 0 fully saturated rings. The summed E-state index contributed by atoms with van der Waals surface area (Å²) in [5, 5.41) is 6.70. The van der Waals surface area contributed by atoms with Gasteiger partial charge < -0.3 is 15.4 Å². The molecule has 0 heterocycles. The first kappa shape index (κ1) is 16.8. The summed E-state index contributed by atoms with van der Waals surface area (Å²) in [4.78, 5) is 11.9. The molecular formula is C15H23ClN2O2. The summed E-state index contributed by atoms with van der Waals surface area (Å²) in [5.41, 5.74) is 0.626. The van der Waals surface area contributed by atoms with E-state index in [1.54, 1.807) is 18.2 Å². The van der Waals surface area contributed by atoms with Gasteiger partial charge in [0.2, 0.25) is 5.91 Å². The molecule has 0 aliphatic heterocycles. The molecule has 0 bridgehead atoms. The van der Waals surface area contributed by atoms with Crippen molar-refractivity contribution in [3.05, 3.63) is 23.2 Å². The summed E-state index contributed by atoms with van der Waals surface area (Å²) < 4.78 is 5.46. The van der Waals surface area contributed by atoms with E-state index in [4.69, 9.17) is 16.3 Å². The van der Waals surface area contributed by atoms with Crippen molar-refractivity contribution in [2.24, 2.45) is 0 Å². The van der Waals surface area contributed by atoms with Crippen molar-refractivity contribution in [1.82, 2.24) is 5.32 Å². The lowest BCUT2D eigenvalue weighted by Crippen LogP contribution is -2.24. The van der Waals surface area contributed by atoms with E-state index in [1.807, 2.05) is 6.92 Å². The highest BCUT2D eigenvalue weighted by Gasteiger charge is 2.08. The van der Waals surface area contributed by atoms with Gasteiger partial charge in [0.25, 0.3) is 0 Å². The number of benzene rings is 1. The zero-order valence-electron chi connectivity index (χ0n) is 12.3. The highest BCUT2D eigenvalue weighted by atomic mass is 35.5. The van der Waals surface area contributed by atoms with Crippen LogP contribution in [0.25, 0.3) is 0 Å². The summed E-state index contributed by atoms with van der Waals surface area (Å²) in [7, 11) is 0. The minimum absolute atomic E-state index is 0.0289. The molecule has 0 radical (unpaired) electrons. The molecule has 20 heavy (non-hydrogen) atoms. The highest BCUT2D eigenvalue weighted by molar-refractivity contribution is 6.31. The minimum atomic E-state index is -0.0289. The van der Waals surface area contributed by atoms with Gasteiger partial charge in [-0.1, -0.05) is 25.4 Å². The van der Waals surface area contributed by atoms with Crippen LogP contribution in [0, 0.1) is 0 Å². The Balaban J connectivity index is 2.50. The lowest BCUT2D eigenvalue weighted by Gasteiger charge is -2.12. The first-order valence-electron chi connectivity index (χ1n) is 6.98. The molecule has 0 saturated carbocycles. The molecule has 0 aromatic heterocycles. The SMILES string of the molecule is CCOc1ccc(Cl)cc1NC(=O)CCCNC(C)C. The third-order valence-electron chi connectivity index (χ3n) is 2.65. The fourth-order valence-electron chi connectivity index (χ4n) is 1.73. The zero-order valence-corrected chi connectivity index (χ0v) is 13.1. The van der Waals surface area contributed by atoms with Crippen molar-refractivity contribution in [3.8, 4) is 5.75 Å². The number of hydrogen-bond donors (Lipinski definition) is 2. The molecule has 0 aliphatic rings. The fraction of sp³-hybridized carbons (Fsp3) is 0.533. The predicted octanol–water partition coefficient (Wildman–Crippen LogP) is 3.46. The third-order valence-corrected chi connectivity index (χ3v) is 2.88. The van der Waals surface area contributed by atoms with Crippen LogP contribution in [0.2, 0.25) is 5.02 Å². The van der Waals surface area contributed by atoms with Crippen LogP contribution in [0.3, 0.4) is 0 Å². The number of rotatable bonds is 8. The average Bonchev–Trinajstić information content (AvgIpc) is 2.38. The fourth-order valence-corrected chi connectivity index (χ4v) is 1.91. The maximum absolute atomic E-state index is 11.9. The van der Waals surface area contributed by atoms with Crippen LogP contribution in [-0.4, -0.2) is 25.1 Å². The summed E-state index contributed by atoms with van der Waals surface area (Å²) in [5.74, 6) is 0.615. The molecule has 4 nitrogen and oxygen atoms in total. The van der Waals surface area contributed by atoms with Gasteiger partial charge in [0.05, 0.1) is 12.3 Å². The van der Waals surface area contributed by atoms with E-state index < -0.39 is 0 Å². The van der Waals surface area contributed by atoms with Gasteiger partial charge in [0.1, 0.15) is 5.75 Å². The lowest BCUT2D eigenvalue weighted by molar-refractivity contribution is -0.116. The Bertz CT molecular complexity index is 436. The maximum Gasteiger partial charge on any atom is 0.224 e. The van der Waals surface area contributed by atoms with E-state index >= 15 is 0 Å². The van der Waals surface area contributed by atoms with Crippen molar-refractivity contribution >= 4 is 23.2 Å². The number of carbonyl (C=O) groups excluding carboxylic acids is 1. The van der Waals surface area contributed by atoms with Gasteiger partial charge in [-0.2, -0.15) is 0 Å². The summed E-state index contributed by atoms with van der Waals surface area (Å²) in [6, 6.07) is 5.66. The molecule has 5 heteroatoms. The van der Waals surface area contributed by atoms with Crippen LogP contribution in [-0.2, 0) is 4.79 Å². The summed E-state index contributed by atoms with van der Waals surface area (Å²) >= 11 is 5.95. The number of carbonyl (C=O) groups is 1. The summed E-state index contributed by atoms with van der Waals surface area (Å²) in [6.45, 7) is 7.44. The van der Waals surface area contributed by atoms with E-state index in [0.717, 1.165) is 13.0 Å². The Hall–Kier alpha value is -1.26. The van der Waals surface area contributed by atoms with Crippen molar-refractivity contribution in [1.29, 1.82) is 0 Å². The number of amides is 1. The number of hydrogen-bond acceptors (Lipinski definition) is 3. The average molecular weight is 299 g/mol. The quantitative estimate of drug-likeness (QED) is 0.723.